The van der Waals surface area contributed by atoms with E-state index < -0.39 is 0 Å². The van der Waals surface area contributed by atoms with Gasteiger partial charge in [0.25, 0.3) is 0 Å². The standard InChI is InChI=1S/C17H15ClN2O4/c1-23-16(22)7-9-2-4-13(11(18)6-9)24-14-5-3-12-10(17(14)19)8-15(21)20-12/h2-6H,7-8,19H2,1H3,(H,20,21). The lowest BCUT2D eigenvalue weighted by molar-refractivity contribution is -0.139. The zero-order valence-corrected chi connectivity index (χ0v) is 13.6. The van der Waals surface area contributed by atoms with Crippen molar-refractivity contribution in [2.45, 2.75) is 12.8 Å². The molecule has 1 aliphatic heterocycles. The van der Waals surface area contributed by atoms with Crippen molar-refractivity contribution in [2.24, 2.45) is 0 Å². The van der Waals surface area contributed by atoms with E-state index in [2.05, 4.69) is 10.1 Å². The van der Waals surface area contributed by atoms with E-state index in [4.69, 9.17) is 22.1 Å². The van der Waals surface area contributed by atoms with Crippen LogP contribution in [0, 0.1) is 0 Å². The number of methoxy groups -OCH3 is 1. The predicted molar refractivity (Wildman–Crippen MR) is 90.4 cm³/mol. The first-order valence-electron chi connectivity index (χ1n) is 7.22. The summed E-state index contributed by atoms with van der Waals surface area (Å²) in [5.74, 6) is 0.390. The van der Waals surface area contributed by atoms with Crippen molar-refractivity contribution in [3.8, 4) is 11.5 Å². The van der Waals surface area contributed by atoms with E-state index in [0.29, 0.717) is 27.9 Å². The fourth-order valence-corrected chi connectivity index (χ4v) is 2.73. The lowest BCUT2D eigenvalue weighted by Gasteiger charge is -2.13. The van der Waals surface area contributed by atoms with Crippen molar-refractivity contribution in [3.05, 3.63) is 46.5 Å². The van der Waals surface area contributed by atoms with Gasteiger partial charge in [0, 0.05) is 11.3 Å². The average molecular weight is 347 g/mol. The van der Waals surface area contributed by atoms with Gasteiger partial charge in [-0.15, -0.1) is 0 Å². The summed E-state index contributed by atoms with van der Waals surface area (Å²) in [6.07, 6.45) is 0.357. The number of carbonyl (C=O) groups is 2. The second-order valence-electron chi connectivity index (χ2n) is 5.35. The molecule has 0 aromatic heterocycles. The smallest absolute Gasteiger partial charge is 0.309 e. The molecule has 0 aliphatic carbocycles. The predicted octanol–water partition coefficient (Wildman–Crippen LogP) is 2.92. The van der Waals surface area contributed by atoms with Gasteiger partial charge in [-0.1, -0.05) is 17.7 Å². The summed E-state index contributed by atoms with van der Waals surface area (Å²) in [4.78, 5) is 22.8. The topological polar surface area (TPSA) is 90.7 Å². The van der Waals surface area contributed by atoms with Crippen LogP contribution in [0.15, 0.2) is 30.3 Å². The molecule has 0 unspecified atom stereocenters. The number of ether oxygens (including phenoxy) is 2. The Morgan fingerprint density at radius 1 is 1.29 bits per heavy atom. The second kappa shape index (κ2) is 6.41. The number of nitrogens with one attached hydrogen (secondary N) is 1. The minimum Gasteiger partial charge on any atom is -0.469 e. The molecule has 124 valence electrons. The van der Waals surface area contributed by atoms with Gasteiger partial charge in [0.05, 0.1) is 30.7 Å². The quantitative estimate of drug-likeness (QED) is 0.656. The van der Waals surface area contributed by atoms with Crippen LogP contribution in [0.4, 0.5) is 11.4 Å². The molecule has 2 aromatic carbocycles. The van der Waals surface area contributed by atoms with Gasteiger partial charge in [-0.3, -0.25) is 9.59 Å². The van der Waals surface area contributed by atoms with Crippen molar-refractivity contribution in [2.75, 3.05) is 18.2 Å². The Morgan fingerprint density at radius 2 is 2.04 bits per heavy atom. The molecule has 0 atom stereocenters. The second-order valence-corrected chi connectivity index (χ2v) is 5.76. The van der Waals surface area contributed by atoms with Crippen LogP contribution >= 0.6 is 11.6 Å². The van der Waals surface area contributed by atoms with Crippen molar-refractivity contribution < 1.29 is 19.1 Å². The van der Waals surface area contributed by atoms with Crippen molar-refractivity contribution in [1.29, 1.82) is 0 Å². The van der Waals surface area contributed by atoms with E-state index in [0.717, 1.165) is 11.1 Å². The summed E-state index contributed by atoms with van der Waals surface area (Å²) in [5.41, 5.74) is 8.63. The maximum Gasteiger partial charge on any atom is 0.309 e. The molecule has 1 heterocycles. The molecule has 3 N–H and O–H groups in total. The van der Waals surface area contributed by atoms with Crippen LogP contribution in [0.1, 0.15) is 11.1 Å². The van der Waals surface area contributed by atoms with E-state index in [1.807, 2.05) is 0 Å². The molecule has 6 nitrogen and oxygen atoms in total. The minimum atomic E-state index is -0.347. The highest BCUT2D eigenvalue weighted by Gasteiger charge is 2.22. The van der Waals surface area contributed by atoms with Gasteiger partial charge in [0.1, 0.15) is 5.75 Å². The molecule has 0 radical (unpaired) electrons. The Balaban J connectivity index is 1.83. The molecular weight excluding hydrogens is 332 g/mol. The Labute approximate surface area is 143 Å². The highest BCUT2D eigenvalue weighted by molar-refractivity contribution is 6.32. The Morgan fingerprint density at radius 3 is 2.75 bits per heavy atom. The third-order valence-electron chi connectivity index (χ3n) is 3.72. The molecule has 0 bridgehead atoms. The van der Waals surface area contributed by atoms with Crippen LogP contribution in [-0.2, 0) is 27.2 Å². The number of hydrogen-bond acceptors (Lipinski definition) is 5. The van der Waals surface area contributed by atoms with Crippen molar-refractivity contribution >= 4 is 34.9 Å². The SMILES string of the molecule is COC(=O)Cc1ccc(Oc2ccc3c(c2N)CC(=O)N3)c(Cl)c1. The highest BCUT2D eigenvalue weighted by Crippen LogP contribution is 2.39. The molecule has 0 fully saturated rings. The number of amides is 1. The van der Waals surface area contributed by atoms with E-state index in [1.165, 1.54) is 7.11 Å². The lowest BCUT2D eigenvalue weighted by atomic mass is 10.1. The molecule has 0 saturated carbocycles. The summed E-state index contributed by atoms with van der Waals surface area (Å²) < 4.78 is 10.4. The fraction of sp³-hybridized carbons (Fsp3) is 0.176. The Kier molecular flexibility index (Phi) is 4.31. The average Bonchev–Trinajstić information content (AvgIpc) is 2.93. The fourth-order valence-electron chi connectivity index (χ4n) is 2.49. The van der Waals surface area contributed by atoms with Crippen LogP contribution < -0.4 is 15.8 Å². The van der Waals surface area contributed by atoms with Crippen LogP contribution in [0.5, 0.6) is 11.5 Å². The maximum atomic E-state index is 11.5. The van der Waals surface area contributed by atoms with Crippen LogP contribution in [0.25, 0.3) is 0 Å². The summed E-state index contributed by atoms with van der Waals surface area (Å²) in [5, 5.41) is 3.08. The van der Waals surface area contributed by atoms with Crippen LogP contribution in [0.2, 0.25) is 5.02 Å². The van der Waals surface area contributed by atoms with Crippen molar-refractivity contribution in [3.63, 3.8) is 0 Å². The molecular formula is C17H15ClN2O4. The largest absolute Gasteiger partial charge is 0.469 e. The third-order valence-corrected chi connectivity index (χ3v) is 4.02. The molecule has 24 heavy (non-hydrogen) atoms. The van der Waals surface area contributed by atoms with Gasteiger partial charge in [-0.25, -0.2) is 0 Å². The van der Waals surface area contributed by atoms with Gasteiger partial charge < -0.3 is 20.5 Å². The van der Waals surface area contributed by atoms with Gasteiger partial charge in [0.2, 0.25) is 5.91 Å². The molecule has 2 aromatic rings. The first-order valence-corrected chi connectivity index (χ1v) is 7.60. The zero-order valence-electron chi connectivity index (χ0n) is 12.9. The van der Waals surface area contributed by atoms with Gasteiger partial charge in [0.15, 0.2) is 5.75 Å². The molecule has 3 rings (SSSR count). The monoisotopic (exact) mass is 346 g/mol. The zero-order chi connectivity index (χ0) is 17.3. The van der Waals surface area contributed by atoms with Crippen molar-refractivity contribution in [1.82, 2.24) is 0 Å². The molecule has 0 spiro atoms. The molecule has 1 amide bonds. The molecule has 0 saturated heterocycles. The lowest BCUT2D eigenvalue weighted by Crippen LogP contribution is -2.04. The van der Waals surface area contributed by atoms with E-state index in [9.17, 15) is 9.59 Å². The Bertz CT molecular complexity index is 836. The first kappa shape index (κ1) is 16.1. The number of fused-ring (bicyclic) bond motifs is 1. The van der Waals surface area contributed by atoms with E-state index in [-0.39, 0.29) is 24.7 Å². The number of nitrogens with two attached hydrogens (primary N) is 1. The first-order chi connectivity index (χ1) is 11.5. The number of rotatable bonds is 4. The summed E-state index contributed by atoms with van der Waals surface area (Å²) >= 11 is 6.21. The number of carbonyl (C=O) groups excluding carboxylic acids is 2. The van der Waals surface area contributed by atoms with E-state index >= 15 is 0 Å². The molecule has 1 aliphatic rings. The summed E-state index contributed by atoms with van der Waals surface area (Å²) in [6.45, 7) is 0. The van der Waals surface area contributed by atoms with Gasteiger partial charge >= 0.3 is 5.97 Å². The van der Waals surface area contributed by atoms with E-state index in [1.54, 1.807) is 30.3 Å². The number of hydrogen-bond donors (Lipinski definition) is 2. The normalized spacial score (nSPS) is 12.5. The number of esters is 1. The Hall–Kier alpha value is -2.73. The molecule has 7 heteroatoms. The third kappa shape index (κ3) is 3.14. The van der Waals surface area contributed by atoms with Crippen LogP contribution in [0.3, 0.4) is 0 Å². The summed E-state index contributed by atoms with van der Waals surface area (Å²) in [6, 6.07) is 8.45. The van der Waals surface area contributed by atoms with Gasteiger partial charge in [-0.05, 0) is 29.8 Å². The van der Waals surface area contributed by atoms with Gasteiger partial charge in [-0.2, -0.15) is 0 Å². The number of nitrogen functional groups attached to an aromatic ring is 1. The highest BCUT2D eigenvalue weighted by atomic mass is 35.5. The number of halogens is 1. The minimum absolute atomic E-state index is 0.0981. The van der Waals surface area contributed by atoms with Crippen LogP contribution in [-0.4, -0.2) is 19.0 Å². The summed E-state index contributed by atoms with van der Waals surface area (Å²) in [7, 11) is 1.33. The number of anilines is 2. The number of benzene rings is 2. The maximum absolute atomic E-state index is 11.5.